The second kappa shape index (κ2) is 9.48. The second-order valence-corrected chi connectivity index (χ2v) is 7.06. The molecule has 0 saturated carbocycles. The van der Waals surface area contributed by atoms with Gasteiger partial charge in [0.25, 0.3) is 5.91 Å². The van der Waals surface area contributed by atoms with Gasteiger partial charge < -0.3 is 14.8 Å². The summed E-state index contributed by atoms with van der Waals surface area (Å²) >= 11 is 6.10. The summed E-state index contributed by atoms with van der Waals surface area (Å²) in [6.45, 7) is 5.98. The van der Waals surface area contributed by atoms with Crippen LogP contribution >= 0.6 is 11.6 Å². The van der Waals surface area contributed by atoms with Crippen LogP contribution in [0.4, 0.5) is 0 Å². The van der Waals surface area contributed by atoms with Gasteiger partial charge in [-0.2, -0.15) is 0 Å². The van der Waals surface area contributed by atoms with E-state index in [-0.39, 0.29) is 11.9 Å². The average Bonchev–Trinajstić information content (AvgIpc) is 2.62. The number of benzene rings is 2. The summed E-state index contributed by atoms with van der Waals surface area (Å²) in [4.78, 5) is 12.6. The molecule has 0 aliphatic heterocycles. The van der Waals surface area contributed by atoms with Crippen molar-refractivity contribution in [2.45, 2.75) is 39.3 Å². The highest BCUT2D eigenvalue weighted by atomic mass is 35.5. The number of nitrogens with one attached hydrogen (secondary N) is 1. The Morgan fingerprint density at radius 3 is 2.31 bits per heavy atom. The highest BCUT2D eigenvalue weighted by molar-refractivity contribution is 6.32. The first-order valence-corrected chi connectivity index (χ1v) is 9.14. The fourth-order valence-electron chi connectivity index (χ4n) is 2.66. The van der Waals surface area contributed by atoms with Gasteiger partial charge in [-0.3, -0.25) is 4.79 Å². The van der Waals surface area contributed by atoms with E-state index in [4.69, 9.17) is 21.1 Å². The molecule has 1 amide bonds. The predicted octanol–water partition coefficient (Wildman–Crippen LogP) is 5.02. The summed E-state index contributed by atoms with van der Waals surface area (Å²) in [6.07, 6.45) is 0.180. The van der Waals surface area contributed by atoms with Gasteiger partial charge in [-0.05, 0) is 49.1 Å². The van der Waals surface area contributed by atoms with Crippen LogP contribution in [0.15, 0.2) is 48.5 Å². The Kier molecular flexibility index (Phi) is 7.34. The van der Waals surface area contributed by atoms with Crippen molar-refractivity contribution in [3.8, 4) is 11.5 Å². The van der Waals surface area contributed by atoms with Crippen LogP contribution < -0.4 is 14.8 Å². The SMILES string of the molecule is COc1ccc([C@H](CC(C)C)NC(=O)[C@H](C)Oc2ccccc2Cl)cc1. The number of ether oxygens (including phenoxy) is 2. The molecule has 0 aliphatic carbocycles. The van der Waals surface area contributed by atoms with Crippen molar-refractivity contribution >= 4 is 17.5 Å². The van der Waals surface area contributed by atoms with Crippen LogP contribution in [0.3, 0.4) is 0 Å². The molecule has 4 nitrogen and oxygen atoms in total. The van der Waals surface area contributed by atoms with Gasteiger partial charge in [-0.25, -0.2) is 0 Å². The van der Waals surface area contributed by atoms with Crippen molar-refractivity contribution < 1.29 is 14.3 Å². The number of hydrogen-bond acceptors (Lipinski definition) is 3. The lowest BCUT2D eigenvalue weighted by Gasteiger charge is -2.24. The first-order valence-electron chi connectivity index (χ1n) is 8.76. The quantitative estimate of drug-likeness (QED) is 0.704. The summed E-state index contributed by atoms with van der Waals surface area (Å²) in [7, 11) is 1.64. The molecule has 0 unspecified atom stereocenters. The first kappa shape index (κ1) is 20.1. The molecule has 26 heavy (non-hydrogen) atoms. The molecule has 1 N–H and O–H groups in total. The number of carbonyl (C=O) groups excluding carboxylic acids is 1. The molecule has 0 fully saturated rings. The lowest BCUT2D eigenvalue weighted by molar-refractivity contribution is -0.128. The number of hydrogen-bond donors (Lipinski definition) is 1. The zero-order valence-electron chi connectivity index (χ0n) is 15.7. The maximum atomic E-state index is 12.6. The molecule has 0 spiro atoms. The maximum Gasteiger partial charge on any atom is 0.261 e. The fraction of sp³-hybridized carbons (Fsp3) is 0.381. The van der Waals surface area contributed by atoms with Crippen LogP contribution in [-0.4, -0.2) is 19.1 Å². The van der Waals surface area contributed by atoms with Gasteiger partial charge in [-0.15, -0.1) is 0 Å². The summed E-state index contributed by atoms with van der Waals surface area (Å²) in [6, 6.07) is 14.8. The highest BCUT2D eigenvalue weighted by Gasteiger charge is 2.22. The number of methoxy groups -OCH3 is 1. The largest absolute Gasteiger partial charge is 0.497 e. The van der Waals surface area contributed by atoms with E-state index in [9.17, 15) is 4.79 Å². The van der Waals surface area contributed by atoms with Crippen LogP contribution in [0.5, 0.6) is 11.5 Å². The Labute approximate surface area is 160 Å². The van der Waals surface area contributed by atoms with E-state index < -0.39 is 6.10 Å². The van der Waals surface area contributed by atoms with Crippen LogP contribution in [0.1, 0.15) is 38.8 Å². The Balaban J connectivity index is 2.08. The minimum atomic E-state index is -0.650. The molecule has 140 valence electrons. The van der Waals surface area contributed by atoms with Gasteiger partial charge in [0.05, 0.1) is 18.2 Å². The molecule has 0 radical (unpaired) electrons. The van der Waals surface area contributed by atoms with Crippen molar-refractivity contribution in [2.24, 2.45) is 5.92 Å². The van der Waals surface area contributed by atoms with Crippen molar-refractivity contribution in [3.05, 3.63) is 59.1 Å². The molecule has 0 aliphatic rings. The summed E-state index contributed by atoms with van der Waals surface area (Å²) < 4.78 is 10.9. The smallest absolute Gasteiger partial charge is 0.261 e. The second-order valence-electron chi connectivity index (χ2n) is 6.65. The molecule has 0 heterocycles. The van der Waals surface area contributed by atoms with E-state index in [0.29, 0.717) is 16.7 Å². The van der Waals surface area contributed by atoms with Gasteiger partial charge in [0.15, 0.2) is 6.10 Å². The molecule has 0 saturated heterocycles. The van der Waals surface area contributed by atoms with Crippen molar-refractivity contribution in [2.75, 3.05) is 7.11 Å². The van der Waals surface area contributed by atoms with Crippen molar-refractivity contribution in [1.82, 2.24) is 5.32 Å². The molecular weight excluding hydrogens is 350 g/mol. The monoisotopic (exact) mass is 375 g/mol. The molecule has 2 aromatic rings. The van der Waals surface area contributed by atoms with E-state index in [1.807, 2.05) is 36.4 Å². The lowest BCUT2D eigenvalue weighted by atomic mass is 9.96. The number of amides is 1. The van der Waals surface area contributed by atoms with Crippen LogP contribution in [0.25, 0.3) is 0 Å². The van der Waals surface area contributed by atoms with Gasteiger partial charge >= 0.3 is 0 Å². The fourth-order valence-corrected chi connectivity index (χ4v) is 2.84. The van der Waals surface area contributed by atoms with Gasteiger partial charge in [0.2, 0.25) is 0 Å². The summed E-state index contributed by atoms with van der Waals surface area (Å²) in [5.74, 6) is 1.55. The Morgan fingerprint density at radius 2 is 1.73 bits per heavy atom. The zero-order chi connectivity index (χ0) is 19.1. The maximum absolute atomic E-state index is 12.6. The van der Waals surface area contributed by atoms with Gasteiger partial charge in [-0.1, -0.05) is 49.7 Å². The van der Waals surface area contributed by atoms with Crippen LogP contribution in [0, 0.1) is 5.92 Å². The van der Waals surface area contributed by atoms with Crippen molar-refractivity contribution in [3.63, 3.8) is 0 Å². The molecule has 2 atom stereocenters. The van der Waals surface area contributed by atoms with Crippen LogP contribution in [-0.2, 0) is 4.79 Å². The third-order valence-corrected chi connectivity index (χ3v) is 4.36. The lowest BCUT2D eigenvalue weighted by Crippen LogP contribution is -2.39. The Morgan fingerprint density at radius 1 is 1.08 bits per heavy atom. The van der Waals surface area contributed by atoms with E-state index in [2.05, 4.69) is 19.2 Å². The van der Waals surface area contributed by atoms with E-state index in [1.54, 1.807) is 26.2 Å². The van der Waals surface area contributed by atoms with Crippen LogP contribution in [0.2, 0.25) is 5.02 Å². The number of halogens is 1. The summed E-state index contributed by atoms with van der Waals surface area (Å²) in [5, 5.41) is 3.58. The molecule has 5 heteroatoms. The normalized spacial score (nSPS) is 13.2. The van der Waals surface area contributed by atoms with E-state index in [1.165, 1.54) is 0 Å². The summed E-state index contributed by atoms with van der Waals surface area (Å²) in [5.41, 5.74) is 1.04. The molecule has 2 rings (SSSR count). The first-order chi connectivity index (χ1) is 12.4. The minimum Gasteiger partial charge on any atom is -0.497 e. The predicted molar refractivity (Wildman–Crippen MR) is 105 cm³/mol. The van der Waals surface area contributed by atoms with Crippen molar-refractivity contribution in [1.29, 1.82) is 0 Å². The standard InChI is InChI=1S/C21H26ClNO3/c1-14(2)13-19(16-9-11-17(25-4)12-10-16)23-21(24)15(3)26-20-8-6-5-7-18(20)22/h5-12,14-15,19H,13H2,1-4H3,(H,23,24)/t15-,19-/m0/s1. The third-order valence-electron chi connectivity index (χ3n) is 4.05. The number of para-hydroxylation sites is 1. The highest BCUT2D eigenvalue weighted by Crippen LogP contribution is 2.26. The average molecular weight is 376 g/mol. The number of rotatable bonds is 8. The van der Waals surface area contributed by atoms with E-state index >= 15 is 0 Å². The Hall–Kier alpha value is -2.20. The van der Waals surface area contributed by atoms with E-state index in [0.717, 1.165) is 17.7 Å². The van der Waals surface area contributed by atoms with Gasteiger partial charge in [0.1, 0.15) is 11.5 Å². The number of carbonyl (C=O) groups is 1. The zero-order valence-corrected chi connectivity index (χ0v) is 16.4. The third kappa shape index (κ3) is 5.67. The topological polar surface area (TPSA) is 47.6 Å². The molecule has 0 bridgehead atoms. The van der Waals surface area contributed by atoms with Gasteiger partial charge in [0, 0.05) is 0 Å². The minimum absolute atomic E-state index is 0.0919. The molecular formula is C21H26ClNO3. The molecule has 2 aromatic carbocycles. The molecule has 0 aromatic heterocycles. The Bertz CT molecular complexity index is 715.